The van der Waals surface area contributed by atoms with E-state index in [1.54, 1.807) is 43.0 Å². The normalized spacial score (nSPS) is 13.9. The zero-order valence-electron chi connectivity index (χ0n) is 16.0. The van der Waals surface area contributed by atoms with E-state index < -0.39 is 5.60 Å². The molecule has 1 N–H and O–H groups in total. The second kappa shape index (κ2) is 6.53. The van der Waals surface area contributed by atoms with Gasteiger partial charge in [-0.3, -0.25) is 4.79 Å². The van der Waals surface area contributed by atoms with Crippen molar-refractivity contribution < 1.29 is 14.3 Å². The Hall–Kier alpha value is -3.06. The molecule has 28 heavy (non-hydrogen) atoms. The monoisotopic (exact) mass is 380 g/mol. The van der Waals surface area contributed by atoms with Crippen molar-refractivity contribution in [1.82, 2.24) is 19.9 Å². The van der Waals surface area contributed by atoms with Crippen LogP contribution >= 0.6 is 0 Å². The standard InChI is InChI=1S/C21H21FN4O2/c1-13-19(23-24-26(13)18-7-5-4-6-17(18)22)14-8-9-16-15(10-14)11-25(20(16)27)12-21(2,3)28/h4-10,28H,11-12H2,1-3H3. The van der Waals surface area contributed by atoms with Crippen molar-refractivity contribution >= 4 is 5.91 Å². The smallest absolute Gasteiger partial charge is 0.254 e. The first-order valence-corrected chi connectivity index (χ1v) is 9.07. The van der Waals surface area contributed by atoms with Crippen LogP contribution < -0.4 is 0 Å². The lowest BCUT2D eigenvalue weighted by molar-refractivity contribution is 0.0314. The van der Waals surface area contributed by atoms with Gasteiger partial charge >= 0.3 is 0 Å². The zero-order chi connectivity index (χ0) is 20.1. The van der Waals surface area contributed by atoms with Gasteiger partial charge in [-0.05, 0) is 50.6 Å². The molecular formula is C21H21FN4O2. The van der Waals surface area contributed by atoms with E-state index in [0.29, 0.717) is 29.2 Å². The van der Waals surface area contributed by atoms with Crippen molar-refractivity contribution in [3.05, 3.63) is 65.1 Å². The van der Waals surface area contributed by atoms with E-state index in [-0.39, 0.29) is 18.3 Å². The first-order valence-electron chi connectivity index (χ1n) is 9.07. The third kappa shape index (κ3) is 3.18. The van der Waals surface area contributed by atoms with E-state index in [4.69, 9.17) is 0 Å². The number of benzene rings is 2. The van der Waals surface area contributed by atoms with Gasteiger partial charge in [-0.2, -0.15) is 0 Å². The number of hydrogen-bond donors (Lipinski definition) is 1. The number of rotatable bonds is 4. The van der Waals surface area contributed by atoms with Crippen molar-refractivity contribution in [3.63, 3.8) is 0 Å². The van der Waals surface area contributed by atoms with Crippen LogP contribution in [0.15, 0.2) is 42.5 Å². The molecule has 0 aliphatic carbocycles. The highest BCUT2D eigenvalue weighted by Gasteiger charge is 2.31. The zero-order valence-corrected chi connectivity index (χ0v) is 16.0. The van der Waals surface area contributed by atoms with Crippen molar-refractivity contribution in [3.8, 4) is 16.9 Å². The maximum absolute atomic E-state index is 14.1. The molecule has 0 fully saturated rings. The number of para-hydroxylation sites is 1. The first kappa shape index (κ1) is 18.3. The minimum atomic E-state index is -0.959. The number of fused-ring (bicyclic) bond motifs is 1. The van der Waals surface area contributed by atoms with E-state index in [1.165, 1.54) is 10.7 Å². The summed E-state index contributed by atoms with van der Waals surface area (Å²) in [7, 11) is 0. The lowest BCUT2D eigenvalue weighted by Crippen LogP contribution is -2.38. The Bertz CT molecular complexity index is 1070. The third-order valence-electron chi connectivity index (χ3n) is 4.81. The van der Waals surface area contributed by atoms with Gasteiger partial charge in [0.15, 0.2) is 0 Å². The number of amides is 1. The molecule has 1 aromatic heterocycles. The summed E-state index contributed by atoms with van der Waals surface area (Å²) in [4.78, 5) is 14.2. The number of carbonyl (C=O) groups excluding carboxylic acids is 1. The van der Waals surface area contributed by atoms with Crippen LogP contribution in [0.2, 0.25) is 0 Å². The number of aliphatic hydroxyl groups is 1. The van der Waals surface area contributed by atoms with E-state index >= 15 is 0 Å². The Morgan fingerprint density at radius 3 is 2.68 bits per heavy atom. The average molecular weight is 380 g/mol. The number of β-amino-alcohol motifs (C(OH)–C–C–N with tert-alkyl or cyclic N) is 1. The van der Waals surface area contributed by atoms with Gasteiger partial charge in [0.2, 0.25) is 0 Å². The minimum absolute atomic E-state index is 0.0876. The Balaban J connectivity index is 1.68. The Labute approximate surface area is 162 Å². The highest BCUT2D eigenvalue weighted by Crippen LogP contribution is 2.30. The molecule has 2 aromatic carbocycles. The molecule has 4 rings (SSSR count). The summed E-state index contributed by atoms with van der Waals surface area (Å²) in [5.41, 5.74) is 3.06. The highest BCUT2D eigenvalue weighted by atomic mass is 19.1. The van der Waals surface area contributed by atoms with Gasteiger partial charge in [0.05, 0.1) is 11.3 Å². The number of halogens is 1. The van der Waals surface area contributed by atoms with Crippen LogP contribution in [0.25, 0.3) is 16.9 Å². The van der Waals surface area contributed by atoms with Crippen LogP contribution in [0.4, 0.5) is 4.39 Å². The van der Waals surface area contributed by atoms with Gasteiger partial charge < -0.3 is 10.0 Å². The molecule has 0 bridgehead atoms. The predicted octanol–water partition coefficient (Wildman–Crippen LogP) is 3.11. The summed E-state index contributed by atoms with van der Waals surface area (Å²) in [5.74, 6) is -0.459. The molecular weight excluding hydrogens is 359 g/mol. The fourth-order valence-corrected chi connectivity index (χ4v) is 3.57. The van der Waals surface area contributed by atoms with Crippen LogP contribution in [-0.4, -0.2) is 43.1 Å². The van der Waals surface area contributed by atoms with Gasteiger partial charge in [0.25, 0.3) is 5.91 Å². The molecule has 1 aliphatic heterocycles. The molecule has 0 atom stereocenters. The molecule has 3 aromatic rings. The fraction of sp³-hybridized carbons (Fsp3) is 0.286. The molecule has 144 valence electrons. The maximum atomic E-state index is 14.1. The number of aromatic nitrogens is 3. The Kier molecular flexibility index (Phi) is 4.27. The number of nitrogens with zero attached hydrogens (tertiary/aromatic N) is 4. The fourth-order valence-electron chi connectivity index (χ4n) is 3.57. The molecule has 0 radical (unpaired) electrons. The van der Waals surface area contributed by atoms with Crippen LogP contribution in [0.3, 0.4) is 0 Å². The molecule has 0 saturated heterocycles. The maximum Gasteiger partial charge on any atom is 0.254 e. The molecule has 1 aliphatic rings. The van der Waals surface area contributed by atoms with Crippen LogP contribution in [0.1, 0.15) is 35.5 Å². The summed E-state index contributed by atoms with van der Waals surface area (Å²) >= 11 is 0. The highest BCUT2D eigenvalue weighted by molar-refractivity contribution is 5.99. The van der Waals surface area contributed by atoms with Crippen molar-refractivity contribution in [1.29, 1.82) is 0 Å². The second-order valence-corrected chi connectivity index (χ2v) is 7.73. The summed E-state index contributed by atoms with van der Waals surface area (Å²) in [6, 6.07) is 11.9. The summed E-state index contributed by atoms with van der Waals surface area (Å²) in [5, 5.41) is 18.4. The SMILES string of the molecule is Cc1c(-c2ccc3c(c2)CN(CC(C)(C)O)C3=O)nnn1-c1ccccc1F. The van der Waals surface area contributed by atoms with E-state index in [1.807, 2.05) is 19.1 Å². The topological polar surface area (TPSA) is 71.2 Å². The second-order valence-electron chi connectivity index (χ2n) is 7.73. The molecule has 7 heteroatoms. The molecule has 1 amide bonds. The van der Waals surface area contributed by atoms with E-state index in [0.717, 1.165) is 11.1 Å². The molecule has 0 spiro atoms. The van der Waals surface area contributed by atoms with Crippen LogP contribution in [0.5, 0.6) is 0 Å². The van der Waals surface area contributed by atoms with E-state index in [2.05, 4.69) is 10.3 Å². The lowest BCUT2D eigenvalue weighted by Gasteiger charge is -2.24. The third-order valence-corrected chi connectivity index (χ3v) is 4.81. The largest absolute Gasteiger partial charge is 0.389 e. The van der Waals surface area contributed by atoms with Gasteiger partial charge in [-0.25, -0.2) is 9.07 Å². The Morgan fingerprint density at radius 2 is 1.96 bits per heavy atom. The van der Waals surface area contributed by atoms with Crippen LogP contribution in [0, 0.1) is 12.7 Å². The number of hydrogen-bond acceptors (Lipinski definition) is 4. The predicted molar refractivity (Wildman–Crippen MR) is 103 cm³/mol. The Morgan fingerprint density at radius 1 is 1.21 bits per heavy atom. The van der Waals surface area contributed by atoms with Crippen LogP contribution in [-0.2, 0) is 6.54 Å². The lowest BCUT2D eigenvalue weighted by atomic mass is 10.0. The van der Waals surface area contributed by atoms with Crippen molar-refractivity contribution in [2.75, 3.05) is 6.54 Å². The van der Waals surface area contributed by atoms with Gasteiger partial charge in [0, 0.05) is 24.2 Å². The van der Waals surface area contributed by atoms with Crippen molar-refractivity contribution in [2.45, 2.75) is 32.9 Å². The van der Waals surface area contributed by atoms with Crippen molar-refractivity contribution in [2.24, 2.45) is 0 Å². The van der Waals surface area contributed by atoms with Gasteiger partial charge in [-0.1, -0.05) is 23.4 Å². The molecule has 0 saturated carbocycles. The average Bonchev–Trinajstić information content (AvgIpc) is 3.14. The summed E-state index contributed by atoms with van der Waals surface area (Å²) in [6.45, 7) is 5.89. The summed E-state index contributed by atoms with van der Waals surface area (Å²) < 4.78 is 15.6. The molecule has 2 heterocycles. The molecule has 0 unspecified atom stereocenters. The first-order chi connectivity index (χ1) is 13.2. The van der Waals surface area contributed by atoms with Gasteiger partial charge in [-0.15, -0.1) is 5.10 Å². The number of carbonyl (C=O) groups is 1. The molecule has 6 nitrogen and oxygen atoms in total. The van der Waals surface area contributed by atoms with E-state index in [9.17, 15) is 14.3 Å². The van der Waals surface area contributed by atoms with Gasteiger partial charge in [0.1, 0.15) is 17.2 Å². The minimum Gasteiger partial charge on any atom is -0.389 e. The summed E-state index contributed by atoms with van der Waals surface area (Å²) in [6.07, 6.45) is 0. The quantitative estimate of drug-likeness (QED) is 0.755.